The molecule has 0 heterocycles. The molecule has 0 unspecified atom stereocenters. The van der Waals surface area contributed by atoms with E-state index in [-0.39, 0.29) is 5.92 Å². The maximum atomic E-state index is 10.9. The molecule has 1 nitrogen and oxygen atoms in total. The molecular formula is C18H20Cl2OS. The van der Waals surface area contributed by atoms with Crippen molar-refractivity contribution in [2.24, 2.45) is 0 Å². The average molecular weight is 355 g/mol. The van der Waals surface area contributed by atoms with Gasteiger partial charge < -0.3 is 5.11 Å². The number of benzene rings is 2. The molecule has 0 aromatic heterocycles. The van der Waals surface area contributed by atoms with Crippen molar-refractivity contribution in [3.63, 3.8) is 0 Å². The van der Waals surface area contributed by atoms with Crippen molar-refractivity contribution < 1.29 is 5.11 Å². The highest BCUT2D eigenvalue weighted by Gasteiger charge is 2.23. The van der Waals surface area contributed by atoms with Gasteiger partial charge in [0.2, 0.25) is 0 Å². The third-order valence-electron chi connectivity index (χ3n) is 3.79. The van der Waals surface area contributed by atoms with Gasteiger partial charge in [-0.25, -0.2) is 0 Å². The van der Waals surface area contributed by atoms with Gasteiger partial charge in [0.15, 0.2) is 0 Å². The van der Waals surface area contributed by atoms with Crippen LogP contribution in [0.5, 0.6) is 0 Å². The molecule has 0 aliphatic rings. The van der Waals surface area contributed by atoms with E-state index >= 15 is 0 Å². The lowest BCUT2D eigenvalue weighted by Gasteiger charge is -2.24. The Hall–Kier alpha value is -0.670. The lowest BCUT2D eigenvalue weighted by Crippen LogP contribution is -2.11. The SMILES string of the molecule is CCC[C@H](c1ccc(Cl)c(Cl)c1)[C@@H](O)c1cccc(SC)c1. The fourth-order valence-electron chi connectivity index (χ4n) is 2.62. The average Bonchev–Trinajstić information content (AvgIpc) is 2.54. The van der Waals surface area contributed by atoms with E-state index in [9.17, 15) is 5.11 Å². The molecule has 2 aromatic carbocycles. The van der Waals surface area contributed by atoms with Gasteiger partial charge in [0.1, 0.15) is 0 Å². The van der Waals surface area contributed by atoms with E-state index < -0.39 is 6.10 Å². The number of halogens is 2. The van der Waals surface area contributed by atoms with Crippen LogP contribution in [0.3, 0.4) is 0 Å². The van der Waals surface area contributed by atoms with Crippen LogP contribution in [-0.4, -0.2) is 11.4 Å². The molecule has 0 bridgehead atoms. The molecule has 0 saturated heterocycles. The quantitative estimate of drug-likeness (QED) is 0.611. The van der Waals surface area contributed by atoms with Gasteiger partial charge in [-0.15, -0.1) is 11.8 Å². The Labute approximate surface area is 146 Å². The van der Waals surface area contributed by atoms with E-state index in [1.54, 1.807) is 17.8 Å². The standard InChI is InChI=1S/C18H20Cl2OS/c1-3-5-15(12-8-9-16(19)17(20)11-12)18(21)13-6-4-7-14(10-13)22-2/h4,6-11,15,18,21H,3,5H2,1-2H3/t15-,18+/m1/s1. The van der Waals surface area contributed by atoms with E-state index in [0.29, 0.717) is 10.0 Å². The van der Waals surface area contributed by atoms with Crippen LogP contribution in [-0.2, 0) is 0 Å². The Kier molecular flexibility index (Phi) is 6.64. The number of aliphatic hydroxyl groups excluding tert-OH is 1. The smallest absolute Gasteiger partial charge is 0.0858 e. The summed E-state index contributed by atoms with van der Waals surface area (Å²) < 4.78 is 0. The van der Waals surface area contributed by atoms with Crippen LogP contribution in [0.25, 0.3) is 0 Å². The molecule has 0 radical (unpaired) electrons. The zero-order chi connectivity index (χ0) is 16.1. The van der Waals surface area contributed by atoms with E-state index in [1.807, 2.05) is 30.5 Å². The predicted octanol–water partition coefficient (Wildman–Crippen LogP) is 6.33. The van der Waals surface area contributed by atoms with Gasteiger partial charge in [0.25, 0.3) is 0 Å². The summed E-state index contributed by atoms with van der Waals surface area (Å²) in [5.74, 6) is 0.0110. The first kappa shape index (κ1) is 17.7. The fraction of sp³-hybridized carbons (Fsp3) is 0.333. The number of hydrogen-bond acceptors (Lipinski definition) is 2. The van der Waals surface area contributed by atoms with E-state index in [2.05, 4.69) is 19.1 Å². The minimum absolute atomic E-state index is 0.0110. The summed E-state index contributed by atoms with van der Waals surface area (Å²) in [6.07, 6.45) is 3.37. The van der Waals surface area contributed by atoms with Crippen molar-refractivity contribution in [2.45, 2.75) is 36.7 Å². The summed E-state index contributed by atoms with van der Waals surface area (Å²) in [6, 6.07) is 13.7. The first-order valence-electron chi connectivity index (χ1n) is 7.33. The van der Waals surface area contributed by atoms with Crippen LogP contribution in [0.2, 0.25) is 10.0 Å². The van der Waals surface area contributed by atoms with Gasteiger partial charge >= 0.3 is 0 Å². The second-order valence-electron chi connectivity index (χ2n) is 5.29. The zero-order valence-electron chi connectivity index (χ0n) is 12.7. The Morgan fingerprint density at radius 2 is 1.82 bits per heavy atom. The Morgan fingerprint density at radius 1 is 1.05 bits per heavy atom. The van der Waals surface area contributed by atoms with Crippen LogP contribution in [0.15, 0.2) is 47.4 Å². The molecule has 22 heavy (non-hydrogen) atoms. The van der Waals surface area contributed by atoms with Crippen molar-refractivity contribution in [1.29, 1.82) is 0 Å². The second-order valence-corrected chi connectivity index (χ2v) is 6.98. The monoisotopic (exact) mass is 354 g/mol. The number of aliphatic hydroxyl groups is 1. The minimum Gasteiger partial charge on any atom is -0.388 e. The Morgan fingerprint density at radius 3 is 2.45 bits per heavy atom. The molecule has 2 rings (SSSR count). The first-order valence-corrected chi connectivity index (χ1v) is 9.31. The maximum absolute atomic E-state index is 10.9. The lowest BCUT2D eigenvalue weighted by atomic mass is 9.86. The highest BCUT2D eigenvalue weighted by Crippen LogP contribution is 2.37. The summed E-state index contributed by atoms with van der Waals surface area (Å²) in [5, 5.41) is 11.9. The molecule has 4 heteroatoms. The minimum atomic E-state index is -0.552. The van der Waals surface area contributed by atoms with Crippen LogP contribution in [0.1, 0.15) is 42.9 Å². The molecule has 2 atom stereocenters. The molecular weight excluding hydrogens is 335 g/mol. The van der Waals surface area contributed by atoms with Gasteiger partial charge in [-0.2, -0.15) is 0 Å². The summed E-state index contributed by atoms with van der Waals surface area (Å²) in [4.78, 5) is 1.15. The summed E-state index contributed by atoms with van der Waals surface area (Å²) >= 11 is 13.8. The molecule has 0 amide bonds. The second kappa shape index (κ2) is 8.26. The van der Waals surface area contributed by atoms with Gasteiger partial charge in [-0.3, -0.25) is 0 Å². The van der Waals surface area contributed by atoms with Crippen molar-refractivity contribution in [3.8, 4) is 0 Å². The summed E-state index contributed by atoms with van der Waals surface area (Å²) in [5.41, 5.74) is 1.97. The predicted molar refractivity (Wildman–Crippen MR) is 97.3 cm³/mol. The molecule has 0 saturated carbocycles. The lowest BCUT2D eigenvalue weighted by molar-refractivity contribution is 0.139. The summed E-state index contributed by atoms with van der Waals surface area (Å²) in [6.45, 7) is 2.12. The van der Waals surface area contributed by atoms with Gasteiger partial charge in [0.05, 0.1) is 16.1 Å². The van der Waals surface area contributed by atoms with Gasteiger partial charge in [-0.1, -0.05) is 54.7 Å². The first-order chi connectivity index (χ1) is 10.6. The van der Waals surface area contributed by atoms with E-state index in [0.717, 1.165) is 28.9 Å². The van der Waals surface area contributed by atoms with E-state index in [1.165, 1.54) is 0 Å². The number of rotatable bonds is 6. The van der Waals surface area contributed by atoms with Crippen molar-refractivity contribution in [3.05, 3.63) is 63.6 Å². The Bertz CT molecular complexity index is 630. The zero-order valence-corrected chi connectivity index (χ0v) is 15.1. The van der Waals surface area contributed by atoms with Crippen molar-refractivity contribution in [1.82, 2.24) is 0 Å². The third-order valence-corrected chi connectivity index (χ3v) is 5.25. The topological polar surface area (TPSA) is 20.2 Å². The third kappa shape index (κ3) is 4.20. The molecule has 0 aliphatic carbocycles. The molecule has 0 spiro atoms. The molecule has 1 N–H and O–H groups in total. The largest absolute Gasteiger partial charge is 0.388 e. The van der Waals surface area contributed by atoms with Crippen LogP contribution in [0.4, 0.5) is 0 Å². The number of hydrogen-bond donors (Lipinski definition) is 1. The van der Waals surface area contributed by atoms with Crippen LogP contribution < -0.4 is 0 Å². The molecule has 118 valence electrons. The fourth-order valence-corrected chi connectivity index (χ4v) is 3.39. The highest BCUT2D eigenvalue weighted by molar-refractivity contribution is 7.98. The van der Waals surface area contributed by atoms with Crippen LogP contribution >= 0.6 is 35.0 Å². The molecule has 0 fully saturated rings. The normalized spacial score (nSPS) is 13.9. The van der Waals surface area contributed by atoms with Gasteiger partial charge in [-0.05, 0) is 48.1 Å². The molecule has 0 aliphatic heterocycles. The number of thioether (sulfide) groups is 1. The summed E-state index contributed by atoms with van der Waals surface area (Å²) in [7, 11) is 0. The van der Waals surface area contributed by atoms with Crippen molar-refractivity contribution >= 4 is 35.0 Å². The molecule has 2 aromatic rings. The highest BCUT2D eigenvalue weighted by atomic mass is 35.5. The van der Waals surface area contributed by atoms with Gasteiger partial charge in [0, 0.05) is 10.8 Å². The maximum Gasteiger partial charge on any atom is 0.0858 e. The Balaban J connectivity index is 2.35. The van der Waals surface area contributed by atoms with Crippen LogP contribution in [0, 0.1) is 0 Å². The van der Waals surface area contributed by atoms with Crippen molar-refractivity contribution in [2.75, 3.05) is 6.26 Å². The van der Waals surface area contributed by atoms with E-state index in [4.69, 9.17) is 23.2 Å².